The summed E-state index contributed by atoms with van der Waals surface area (Å²) < 4.78 is 4.74. The molecule has 108 valence electrons. The molecular formula is C12H10N4O5. The third kappa shape index (κ3) is 3.62. The van der Waals surface area contributed by atoms with Crippen molar-refractivity contribution >= 4 is 29.0 Å². The molecule has 21 heavy (non-hydrogen) atoms. The molecule has 2 aromatic rings. The second kappa shape index (κ2) is 5.82. The van der Waals surface area contributed by atoms with Crippen LogP contribution in [-0.4, -0.2) is 21.9 Å². The maximum absolute atomic E-state index is 11.6. The Balaban J connectivity index is 1.97. The van der Waals surface area contributed by atoms with Gasteiger partial charge in [0.05, 0.1) is 4.92 Å². The molecule has 0 aliphatic rings. The van der Waals surface area contributed by atoms with Gasteiger partial charge in [0.15, 0.2) is 5.82 Å². The number of non-ortho nitro benzene ring substituents is 1. The molecule has 1 heterocycles. The van der Waals surface area contributed by atoms with Gasteiger partial charge in [0.2, 0.25) is 0 Å². The molecule has 0 unspecified atom stereocenters. The van der Waals surface area contributed by atoms with Crippen LogP contribution in [0.1, 0.15) is 5.76 Å². The molecule has 0 spiro atoms. The molecule has 9 nitrogen and oxygen atoms in total. The van der Waals surface area contributed by atoms with E-state index in [-0.39, 0.29) is 17.2 Å². The van der Waals surface area contributed by atoms with Crippen molar-refractivity contribution in [3.05, 3.63) is 46.2 Å². The summed E-state index contributed by atoms with van der Waals surface area (Å²) in [5.74, 6) is -1.25. The van der Waals surface area contributed by atoms with E-state index in [2.05, 4.69) is 15.8 Å². The highest BCUT2D eigenvalue weighted by molar-refractivity contribution is 6.43. The second-order valence-corrected chi connectivity index (χ2v) is 4.04. The normalized spacial score (nSPS) is 9.95. The summed E-state index contributed by atoms with van der Waals surface area (Å²) in [6.07, 6.45) is 0. The van der Waals surface area contributed by atoms with Crippen LogP contribution >= 0.6 is 0 Å². The van der Waals surface area contributed by atoms with Crippen LogP contribution in [0.3, 0.4) is 0 Å². The Morgan fingerprint density at radius 1 is 1.19 bits per heavy atom. The van der Waals surface area contributed by atoms with E-state index in [4.69, 9.17) is 4.52 Å². The number of carbonyl (C=O) groups excluding carboxylic acids is 2. The Morgan fingerprint density at radius 2 is 1.81 bits per heavy atom. The molecule has 0 atom stereocenters. The highest BCUT2D eigenvalue weighted by atomic mass is 16.6. The smallest absolute Gasteiger partial charge is 0.315 e. The van der Waals surface area contributed by atoms with Crippen LogP contribution in [0.5, 0.6) is 0 Å². The van der Waals surface area contributed by atoms with Crippen molar-refractivity contribution in [3.63, 3.8) is 0 Å². The zero-order valence-corrected chi connectivity index (χ0v) is 10.8. The van der Waals surface area contributed by atoms with Crippen LogP contribution in [-0.2, 0) is 9.59 Å². The van der Waals surface area contributed by atoms with E-state index in [1.807, 2.05) is 0 Å². The Bertz CT molecular complexity index is 692. The average molecular weight is 290 g/mol. The van der Waals surface area contributed by atoms with Crippen LogP contribution in [0, 0.1) is 17.0 Å². The van der Waals surface area contributed by atoms with E-state index >= 15 is 0 Å². The average Bonchev–Trinajstić information content (AvgIpc) is 2.84. The molecule has 0 radical (unpaired) electrons. The van der Waals surface area contributed by atoms with E-state index in [0.717, 1.165) is 0 Å². The molecule has 0 bridgehead atoms. The first-order valence-electron chi connectivity index (χ1n) is 5.76. The highest BCUT2D eigenvalue weighted by Gasteiger charge is 2.16. The molecule has 0 saturated carbocycles. The first kappa shape index (κ1) is 14.2. The summed E-state index contributed by atoms with van der Waals surface area (Å²) >= 11 is 0. The van der Waals surface area contributed by atoms with E-state index in [9.17, 15) is 19.7 Å². The van der Waals surface area contributed by atoms with Crippen LogP contribution in [0.15, 0.2) is 34.9 Å². The number of aromatic nitrogens is 1. The van der Waals surface area contributed by atoms with Gasteiger partial charge in [-0.2, -0.15) is 0 Å². The number of hydrogen-bond acceptors (Lipinski definition) is 6. The predicted molar refractivity (Wildman–Crippen MR) is 71.6 cm³/mol. The largest absolute Gasteiger partial charge is 0.360 e. The number of aryl methyl sites for hydroxylation is 1. The lowest BCUT2D eigenvalue weighted by Crippen LogP contribution is -2.29. The zero-order chi connectivity index (χ0) is 15.4. The maximum atomic E-state index is 11.6. The number of hydrogen-bond donors (Lipinski definition) is 2. The summed E-state index contributed by atoms with van der Waals surface area (Å²) in [4.78, 5) is 33.1. The van der Waals surface area contributed by atoms with Gasteiger partial charge in [-0.05, 0) is 19.1 Å². The minimum Gasteiger partial charge on any atom is -0.360 e. The topological polar surface area (TPSA) is 127 Å². The van der Waals surface area contributed by atoms with Crippen molar-refractivity contribution in [2.75, 3.05) is 10.6 Å². The first-order chi connectivity index (χ1) is 9.95. The minimum atomic E-state index is -0.929. The Morgan fingerprint density at radius 3 is 2.33 bits per heavy atom. The molecule has 9 heteroatoms. The van der Waals surface area contributed by atoms with E-state index in [1.54, 1.807) is 6.92 Å². The molecule has 2 amide bonds. The first-order valence-corrected chi connectivity index (χ1v) is 5.76. The Labute approximate surface area is 118 Å². The van der Waals surface area contributed by atoms with Crippen LogP contribution in [0.4, 0.5) is 17.2 Å². The van der Waals surface area contributed by atoms with Crippen LogP contribution in [0.2, 0.25) is 0 Å². The van der Waals surface area contributed by atoms with E-state index in [1.165, 1.54) is 30.3 Å². The molecule has 0 saturated heterocycles. The fourth-order valence-electron chi connectivity index (χ4n) is 1.45. The standard InChI is InChI=1S/C12H10N4O5/c1-7-6-10(15-21-7)14-12(18)11(17)13-8-2-4-9(5-3-8)16(19)20/h2-6H,1H3,(H,13,17)(H,14,15,18). The number of nitrogens with zero attached hydrogens (tertiary/aromatic N) is 2. The quantitative estimate of drug-likeness (QED) is 0.500. The number of benzene rings is 1. The maximum Gasteiger partial charge on any atom is 0.315 e. The molecule has 0 aliphatic heterocycles. The SMILES string of the molecule is Cc1cc(NC(=O)C(=O)Nc2ccc([N+](=O)[O-])cc2)no1. The molecular weight excluding hydrogens is 280 g/mol. The Kier molecular flexibility index (Phi) is 3.93. The monoisotopic (exact) mass is 290 g/mol. The summed E-state index contributed by atoms with van der Waals surface area (Å²) in [5.41, 5.74) is 0.146. The lowest BCUT2D eigenvalue weighted by atomic mass is 10.3. The number of nitrogens with one attached hydrogen (secondary N) is 2. The van der Waals surface area contributed by atoms with E-state index < -0.39 is 16.7 Å². The molecule has 0 fully saturated rings. The highest BCUT2D eigenvalue weighted by Crippen LogP contribution is 2.15. The van der Waals surface area contributed by atoms with Crippen LogP contribution in [0.25, 0.3) is 0 Å². The van der Waals surface area contributed by atoms with Crippen molar-refractivity contribution < 1.29 is 19.0 Å². The van der Waals surface area contributed by atoms with Gasteiger partial charge < -0.3 is 9.84 Å². The van der Waals surface area contributed by atoms with Gasteiger partial charge in [-0.25, -0.2) is 0 Å². The van der Waals surface area contributed by atoms with Gasteiger partial charge in [0.1, 0.15) is 5.76 Å². The van der Waals surface area contributed by atoms with Gasteiger partial charge in [0.25, 0.3) is 5.69 Å². The lowest BCUT2D eigenvalue weighted by molar-refractivity contribution is -0.384. The van der Waals surface area contributed by atoms with Gasteiger partial charge in [-0.3, -0.25) is 25.0 Å². The van der Waals surface area contributed by atoms with Gasteiger partial charge in [0, 0.05) is 23.9 Å². The Hall–Kier alpha value is -3.23. The lowest BCUT2D eigenvalue weighted by Gasteiger charge is -2.04. The summed E-state index contributed by atoms with van der Waals surface area (Å²) in [6, 6.07) is 6.53. The van der Waals surface area contributed by atoms with Crippen molar-refractivity contribution in [2.24, 2.45) is 0 Å². The van der Waals surface area contributed by atoms with Gasteiger partial charge in [-0.1, -0.05) is 5.16 Å². The fourth-order valence-corrected chi connectivity index (χ4v) is 1.45. The zero-order valence-electron chi connectivity index (χ0n) is 10.8. The van der Waals surface area contributed by atoms with E-state index in [0.29, 0.717) is 5.76 Å². The fraction of sp³-hybridized carbons (Fsp3) is 0.0833. The number of nitro benzene ring substituents is 1. The minimum absolute atomic E-state index is 0.115. The number of anilines is 2. The van der Waals surface area contributed by atoms with Gasteiger partial charge in [-0.15, -0.1) is 0 Å². The van der Waals surface area contributed by atoms with Gasteiger partial charge >= 0.3 is 11.8 Å². The molecule has 1 aromatic heterocycles. The summed E-state index contributed by atoms with van der Waals surface area (Å²) in [6.45, 7) is 1.64. The van der Waals surface area contributed by atoms with Crippen molar-refractivity contribution in [3.8, 4) is 0 Å². The number of nitro groups is 1. The van der Waals surface area contributed by atoms with Crippen molar-refractivity contribution in [2.45, 2.75) is 6.92 Å². The summed E-state index contributed by atoms with van der Waals surface area (Å²) in [7, 11) is 0. The molecule has 0 aliphatic carbocycles. The molecule has 2 N–H and O–H groups in total. The molecule has 1 aromatic carbocycles. The predicted octanol–water partition coefficient (Wildman–Crippen LogP) is 1.47. The number of amides is 2. The van der Waals surface area contributed by atoms with Crippen molar-refractivity contribution in [1.29, 1.82) is 0 Å². The van der Waals surface area contributed by atoms with Crippen LogP contribution < -0.4 is 10.6 Å². The number of rotatable bonds is 3. The van der Waals surface area contributed by atoms with Crippen molar-refractivity contribution in [1.82, 2.24) is 5.16 Å². The molecule has 2 rings (SSSR count). The number of carbonyl (C=O) groups is 2. The second-order valence-electron chi connectivity index (χ2n) is 4.04. The third-order valence-corrected chi connectivity index (χ3v) is 2.41. The summed E-state index contributed by atoms with van der Waals surface area (Å²) in [5, 5.41) is 18.6. The third-order valence-electron chi connectivity index (χ3n) is 2.41.